The number of nitrogens with one attached hydrogen (secondary N) is 1. The molecule has 0 spiro atoms. The summed E-state index contributed by atoms with van der Waals surface area (Å²) in [5.41, 5.74) is 0.654. The van der Waals surface area contributed by atoms with Crippen LogP contribution in [0.3, 0.4) is 0 Å². The zero-order valence-electron chi connectivity index (χ0n) is 12.2. The van der Waals surface area contributed by atoms with Gasteiger partial charge >= 0.3 is 0 Å². The Balaban J connectivity index is 2.30. The van der Waals surface area contributed by atoms with Crippen molar-refractivity contribution in [3.63, 3.8) is 0 Å². The van der Waals surface area contributed by atoms with Crippen LogP contribution in [0.2, 0.25) is 0 Å². The molecule has 0 fully saturated rings. The summed E-state index contributed by atoms with van der Waals surface area (Å²) in [6.07, 6.45) is 4.66. The van der Waals surface area contributed by atoms with Crippen LogP contribution in [0.25, 0.3) is 0 Å². The zero-order chi connectivity index (χ0) is 16.1. The number of rotatable bonds is 5. The van der Waals surface area contributed by atoms with Crippen LogP contribution in [-0.4, -0.2) is 22.1 Å². The van der Waals surface area contributed by atoms with E-state index >= 15 is 0 Å². The van der Waals surface area contributed by atoms with Crippen LogP contribution in [0.4, 0.5) is 14.5 Å². The molecule has 1 N–H and O–H groups in total. The zero-order valence-corrected chi connectivity index (χ0v) is 13.0. The van der Waals surface area contributed by atoms with Gasteiger partial charge in [0.25, 0.3) is 5.91 Å². The number of hydrogen-bond donors (Lipinski definition) is 1. The van der Waals surface area contributed by atoms with Crippen molar-refractivity contribution in [2.75, 3.05) is 11.6 Å². The summed E-state index contributed by atoms with van der Waals surface area (Å²) in [6, 6.07) is 2.89. The average molecular weight is 323 g/mol. The number of thioether (sulfide) groups is 1. The first kappa shape index (κ1) is 16.4. The predicted molar refractivity (Wildman–Crippen MR) is 82.1 cm³/mol. The van der Waals surface area contributed by atoms with Crippen molar-refractivity contribution < 1.29 is 13.6 Å². The molecule has 4 nitrogen and oxygen atoms in total. The van der Waals surface area contributed by atoms with Gasteiger partial charge in [0.05, 0.1) is 16.9 Å². The van der Waals surface area contributed by atoms with E-state index in [1.807, 2.05) is 13.2 Å². The summed E-state index contributed by atoms with van der Waals surface area (Å²) in [5.74, 6) is -1.88. The first-order valence-corrected chi connectivity index (χ1v) is 7.94. The second-order valence-electron chi connectivity index (χ2n) is 4.55. The summed E-state index contributed by atoms with van der Waals surface area (Å²) in [6.45, 7) is 1.97. The van der Waals surface area contributed by atoms with Gasteiger partial charge in [-0.05, 0) is 24.8 Å². The third-order valence-corrected chi connectivity index (χ3v) is 3.50. The van der Waals surface area contributed by atoms with E-state index in [9.17, 15) is 13.6 Å². The molecule has 0 radical (unpaired) electrons. The largest absolute Gasteiger partial charge is 0.319 e. The fraction of sp³-hybridized carbons (Fsp3) is 0.267. The van der Waals surface area contributed by atoms with Crippen molar-refractivity contribution >= 4 is 23.4 Å². The molecule has 22 heavy (non-hydrogen) atoms. The Bertz CT molecular complexity index is 694. The van der Waals surface area contributed by atoms with Gasteiger partial charge in [0.1, 0.15) is 11.6 Å². The molecule has 7 heteroatoms. The lowest BCUT2D eigenvalue weighted by Gasteiger charge is -2.10. The van der Waals surface area contributed by atoms with Gasteiger partial charge in [-0.2, -0.15) is 0 Å². The Hall–Kier alpha value is -2.02. The summed E-state index contributed by atoms with van der Waals surface area (Å²) >= 11 is 1.37. The number of nitrogens with zero attached hydrogens (tertiary/aromatic N) is 2. The van der Waals surface area contributed by atoms with Crippen molar-refractivity contribution in [3.8, 4) is 0 Å². The number of benzene rings is 1. The third kappa shape index (κ3) is 3.79. The number of halogens is 2. The van der Waals surface area contributed by atoms with E-state index in [4.69, 9.17) is 0 Å². The number of carbonyl (C=O) groups is 1. The highest BCUT2D eigenvalue weighted by Crippen LogP contribution is 2.19. The van der Waals surface area contributed by atoms with Crippen molar-refractivity contribution in [1.29, 1.82) is 0 Å². The van der Waals surface area contributed by atoms with Crippen molar-refractivity contribution in [2.45, 2.75) is 24.9 Å². The number of aryl methyl sites for hydroxylation is 1. The fourth-order valence-electron chi connectivity index (χ4n) is 1.90. The van der Waals surface area contributed by atoms with Gasteiger partial charge < -0.3 is 5.32 Å². The molecule has 1 aromatic carbocycles. The Morgan fingerprint density at radius 3 is 2.82 bits per heavy atom. The SMILES string of the molecule is CCCc1nc(SC)ncc1C(=O)Nc1cc(F)ccc1F. The number of aromatic nitrogens is 2. The number of carbonyl (C=O) groups excluding carboxylic acids is 1. The van der Waals surface area contributed by atoms with E-state index in [1.165, 1.54) is 18.0 Å². The minimum absolute atomic E-state index is 0.207. The van der Waals surface area contributed by atoms with Gasteiger partial charge in [0, 0.05) is 12.3 Å². The maximum atomic E-state index is 13.6. The van der Waals surface area contributed by atoms with Crippen LogP contribution in [0.1, 0.15) is 29.4 Å². The van der Waals surface area contributed by atoms with Crippen LogP contribution in [0.5, 0.6) is 0 Å². The van der Waals surface area contributed by atoms with Crippen molar-refractivity contribution in [2.24, 2.45) is 0 Å². The van der Waals surface area contributed by atoms with Gasteiger partial charge in [-0.15, -0.1) is 0 Å². The number of hydrogen-bond acceptors (Lipinski definition) is 4. The van der Waals surface area contributed by atoms with Gasteiger partial charge in [-0.25, -0.2) is 18.7 Å². The Labute approximate surface area is 131 Å². The molecule has 116 valence electrons. The quantitative estimate of drug-likeness (QED) is 0.673. The molecule has 2 rings (SSSR count). The maximum absolute atomic E-state index is 13.6. The van der Waals surface area contributed by atoms with Crippen molar-refractivity contribution in [1.82, 2.24) is 9.97 Å². The molecular weight excluding hydrogens is 308 g/mol. The fourth-order valence-corrected chi connectivity index (χ4v) is 2.26. The predicted octanol–water partition coefficient (Wildman–Crippen LogP) is 3.68. The highest BCUT2D eigenvalue weighted by atomic mass is 32.2. The van der Waals surface area contributed by atoms with Gasteiger partial charge in [0.15, 0.2) is 5.16 Å². The van der Waals surface area contributed by atoms with Crippen LogP contribution in [0.15, 0.2) is 29.6 Å². The molecule has 0 aliphatic carbocycles. The van der Waals surface area contributed by atoms with E-state index in [0.29, 0.717) is 17.3 Å². The van der Waals surface area contributed by atoms with Crippen molar-refractivity contribution in [3.05, 3.63) is 47.3 Å². The lowest BCUT2D eigenvalue weighted by atomic mass is 10.1. The molecule has 1 heterocycles. The van der Waals surface area contributed by atoms with Gasteiger partial charge in [-0.1, -0.05) is 25.1 Å². The first-order valence-electron chi connectivity index (χ1n) is 6.71. The molecular formula is C15H15F2N3OS. The van der Waals surface area contributed by atoms with Gasteiger partial charge in [-0.3, -0.25) is 4.79 Å². The summed E-state index contributed by atoms with van der Waals surface area (Å²) in [7, 11) is 0. The van der Waals surface area contributed by atoms with Gasteiger partial charge in [0.2, 0.25) is 0 Å². The molecule has 0 saturated heterocycles. The number of amides is 1. The first-order chi connectivity index (χ1) is 10.5. The summed E-state index contributed by atoms with van der Waals surface area (Å²) in [4.78, 5) is 20.7. The molecule has 0 saturated carbocycles. The average Bonchev–Trinajstić information content (AvgIpc) is 2.51. The third-order valence-electron chi connectivity index (χ3n) is 2.94. The Morgan fingerprint density at radius 2 is 2.14 bits per heavy atom. The molecule has 0 aliphatic rings. The maximum Gasteiger partial charge on any atom is 0.259 e. The van der Waals surface area contributed by atoms with E-state index in [2.05, 4.69) is 15.3 Å². The molecule has 1 amide bonds. The summed E-state index contributed by atoms with van der Waals surface area (Å²) < 4.78 is 26.8. The molecule has 1 aromatic heterocycles. The van der Waals surface area contributed by atoms with E-state index < -0.39 is 17.5 Å². The summed E-state index contributed by atoms with van der Waals surface area (Å²) in [5, 5.41) is 2.93. The number of anilines is 1. The molecule has 0 aliphatic heterocycles. The highest BCUT2D eigenvalue weighted by Gasteiger charge is 2.16. The Morgan fingerprint density at radius 1 is 1.36 bits per heavy atom. The smallest absolute Gasteiger partial charge is 0.259 e. The normalized spacial score (nSPS) is 10.5. The van der Waals surface area contributed by atoms with Crippen LogP contribution < -0.4 is 5.32 Å². The molecule has 0 atom stereocenters. The highest BCUT2D eigenvalue weighted by molar-refractivity contribution is 7.98. The lowest BCUT2D eigenvalue weighted by Crippen LogP contribution is -2.17. The standard InChI is InChI=1S/C15H15F2N3OS/c1-3-4-12-10(8-18-15(20-12)22-2)14(21)19-13-7-9(16)5-6-11(13)17/h5-8H,3-4H2,1-2H3,(H,19,21). The topological polar surface area (TPSA) is 54.9 Å². The molecule has 0 bridgehead atoms. The van der Waals surface area contributed by atoms with E-state index in [-0.39, 0.29) is 11.3 Å². The monoisotopic (exact) mass is 323 g/mol. The minimum Gasteiger partial charge on any atom is -0.319 e. The lowest BCUT2D eigenvalue weighted by molar-refractivity contribution is 0.102. The Kier molecular flexibility index (Phi) is 5.43. The van der Waals surface area contributed by atoms with Crippen LogP contribution in [-0.2, 0) is 6.42 Å². The van der Waals surface area contributed by atoms with E-state index in [0.717, 1.165) is 24.6 Å². The van der Waals surface area contributed by atoms with E-state index in [1.54, 1.807) is 0 Å². The second-order valence-corrected chi connectivity index (χ2v) is 5.32. The molecule has 2 aromatic rings. The van der Waals surface area contributed by atoms with Crippen LogP contribution >= 0.6 is 11.8 Å². The molecule has 0 unspecified atom stereocenters. The second kappa shape index (κ2) is 7.31. The minimum atomic E-state index is -0.701. The van der Waals surface area contributed by atoms with Crippen LogP contribution in [0, 0.1) is 11.6 Å².